The molecule has 1 unspecified atom stereocenters. The molecule has 1 aromatic carbocycles. The molecule has 2 N–H and O–H groups in total. The molecule has 1 heterocycles. The molecule has 0 aliphatic heterocycles. The molecule has 0 aliphatic rings. The standard InChI is InChI=1S/C17H23N3/c1-4-20(12-15-9-7-8-13(2)19-15)17-11-6-5-10-16(17)14(3)18/h5-11,14H,4,12,18H2,1-3H3. The summed E-state index contributed by atoms with van der Waals surface area (Å²) < 4.78 is 0. The Morgan fingerprint density at radius 3 is 2.55 bits per heavy atom. The maximum Gasteiger partial charge on any atom is 0.0602 e. The summed E-state index contributed by atoms with van der Waals surface area (Å²) in [7, 11) is 0. The number of nitrogens with zero attached hydrogens (tertiary/aromatic N) is 2. The van der Waals surface area contributed by atoms with Gasteiger partial charge in [-0.15, -0.1) is 0 Å². The van der Waals surface area contributed by atoms with Gasteiger partial charge in [0.05, 0.1) is 12.2 Å². The van der Waals surface area contributed by atoms with Crippen LogP contribution in [0.5, 0.6) is 0 Å². The monoisotopic (exact) mass is 269 g/mol. The zero-order chi connectivity index (χ0) is 14.5. The van der Waals surface area contributed by atoms with Crippen LogP contribution in [0, 0.1) is 6.92 Å². The van der Waals surface area contributed by atoms with Crippen LogP contribution in [0.2, 0.25) is 0 Å². The van der Waals surface area contributed by atoms with Crippen LogP contribution >= 0.6 is 0 Å². The molecule has 0 fully saturated rings. The van der Waals surface area contributed by atoms with Crippen LogP contribution in [0.1, 0.15) is 36.8 Å². The summed E-state index contributed by atoms with van der Waals surface area (Å²) in [6, 6.07) is 14.5. The number of hydrogen-bond donors (Lipinski definition) is 1. The van der Waals surface area contributed by atoms with E-state index in [-0.39, 0.29) is 6.04 Å². The third-order valence-corrected chi connectivity index (χ3v) is 3.45. The van der Waals surface area contributed by atoms with E-state index in [4.69, 9.17) is 5.73 Å². The number of nitrogens with two attached hydrogens (primary N) is 1. The molecule has 0 bridgehead atoms. The summed E-state index contributed by atoms with van der Waals surface area (Å²) in [5.41, 5.74) is 10.6. The van der Waals surface area contributed by atoms with Gasteiger partial charge in [-0.1, -0.05) is 24.3 Å². The predicted molar refractivity (Wildman–Crippen MR) is 84.7 cm³/mol. The van der Waals surface area contributed by atoms with Gasteiger partial charge < -0.3 is 10.6 Å². The Morgan fingerprint density at radius 2 is 1.90 bits per heavy atom. The zero-order valence-corrected chi connectivity index (χ0v) is 12.5. The molecule has 0 aliphatic carbocycles. The molecular weight excluding hydrogens is 246 g/mol. The molecule has 0 saturated carbocycles. The SMILES string of the molecule is CCN(Cc1cccc(C)n1)c1ccccc1C(C)N. The number of hydrogen-bond acceptors (Lipinski definition) is 3. The molecule has 1 atom stereocenters. The van der Waals surface area contributed by atoms with Crippen LogP contribution in [0.4, 0.5) is 5.69 Å². The van der Waals surface area contributed by atoms with Gasteiger partial charge in [0.25, 0.3) is 0 Å². The lowest BCUT2D eigenvalue weighted by molar-refractivity contribution is 0.767. The van der Waals surface area contributed by atoms with E-state index in [0.717, 1.165) is 24.5 Å². The van der Waals surface area contributed by atoms with Gasteiger partial charge in [0.2, 0.25) is 0 Å². The van der Waals surface area contributed by atoms with Crippen molar-refractivity contribution in [2.45, 2.75) is 33.4 Å². The minimum absolute atomic E-state index is 0.0331. The van der Waals surface area contributed by atoms with Gasteiger partial charge in [0.15, 0.2) is 0 Å². The summed E-state index contributed by atoms with van der Waals surface area (Å²) in [5, 5.41) is 0. The third-order valence-electron chi connectivity index (χ3n) is 3.45. The summed E-state index contributed by atoms with van der Waals surface area (Å²) in [5.74, 6) is 0. The van der Waals surface area contributed by atoms with Crippen LogP contribution in [0.3, 0.4) is 0 Å². The van der Waals surface area contributed by atoms with Crippen LogP contribution in [0.25, 0.3) is 0 Å². The lowest BCUT2D eigenvalue weighted by Gasteiger charge is -2.26. The largest absolute Gasteiger partial charge is 0.366 e. The van der Waals surface area contributed by atoms with Crippen molar-refractivity contribution in [1.29, 1.82) is 0 Å². The Kier molecular flexibility index (Phi) is 4.74. The number of rotatable bonds is 5. The Bertz CT molecular complexity index is 564. The maximum absolute atomic E-state index is 6.08. The number of para-hydroxylation sites is 1. The van der Waals surface area contributed by atoms with Crippen molar-refractivity contribution in [1.82, 2.24) is 4.98 Å². The van der Waals surface area contributed by atoms with E-state index in [1.165, 1.54) is 11.3 Å². The minimum Gasteiger partial charge on any atom is -0.366 e. The normalized spacial score (nSPS) is 12.2. The molecule has 106 valence electrons. The van der Waals surface area contributed by atoms with Crippen molar-refractivity contribution in [3.63, 3.8) is 0 Å². The van der Waals surface area contributed by atoms with Crippen molar-refractivity contribution < 1.29 is 0 Å². The fourth-order valence-corrected chi connectivity index (χ4v) is 2.41. The highest BCUT2D eigenvalue weighted by molar-refractivity contribution is 5.55. The highest BCUT2D eigenvalue weighted by Gasteiger charge is 2.12. The summed E-state index contributed by atoms with van der Waals surface area (Å²) in [6.45, 7) is 7.95. The second kappa shape index (κ2) is 6.53. The summed E-state index contributed by atoms with van der Waals surface area (Å²) >= 11 is 0. The summed E-state index contributed by atoms with van der Waals surface area (Å²) in [4.78, 5) is 6.91. The first-order valence-electron chi connectivity index (χ1n) is 7.13. The van der Waals surface area contributed by atoms with Crippen molar-refractivity contribution in [2.24, 2.45) is 5.73 Å². The first-order valence-corrected chi connectivity index (χ1v) is 7.13. The third kappa shape index (κ3) is 3.36. The second-order valence-corrected chi connectivity index (χ2v) is 5.13. The number of benzene rings is 1. The minimum atomic E-state index is 0.0331. The van der Waals surface area contributed by atoms with Gasteiger partial charge in [-0.25, -0.2) is 0 Å². The van der Waals surface area contributed by atoms with E-state index in [0.29, 0.717) is 0 Å². The zero-order valence-electron chi connectivity index (χ0n) is 12.5. The first kappa shape index (κ1) is 14.5. The lowest BCUT2D eigenvalue weighted by atomic mass is 10.1. The number of aromatic nitrogens is 1. The Labute approximate surface area is 121 Å². The first-order chi connectivity index (χ1) is 9.61. The van der Waals surface area contributed by atoms with Crippen molar-refractivity contribution >= 4 is 5.69 Å². The lowest BCUT2D eigenvalue weighted by Crippen LogP contribution is -2.25. The topological polar surface area (TPSA) is 42.2 Å². The molecule has 3 nitrogen and oxygen atoms in total. The van der Waals surface area contributed by atoms with Crippen molar-refractivity contribution in [2.75, 3.05) is 11.4 Å². The molecule has 2 aromatic rings. The van der Waals surface area contributed by atoms with E-state index >= 15 is 0 Å². The highest BCUT2D eigenvalue weighted by Crippen LogP contribution is 2.26. The number of aryl methyl sites for hydroxylation is 1. The maximum atomic E-state index is 6.08. The van der Waals surface area contributed by atoms with Crippen molar-refractivity contribution in [3.05, 3.63) is 59.4 Å². The average molecular weight is 269 g/mol. The van der Waals surface area contributed by atoms with Gasteiger partial charge in [0.1, 0.15) is 0 Å². The quantitative estimate of drug-likeness (QED) is 0.904. The van der Waals surface area contributed by atoms with E-state index in [2.05, 4.69) is 47.1 Å². The predicted octanol–water partition coefficient (Wildman–Crippen LogP) is 3.44. The van der Waals surface area contributed by atoms with Crippen LogP contribution in [-0.2, 0) is 6.54 Å². The van der Waals surface area contributed by atoms with Crippen LogP contribution in [0.15, 0.2) is 42.5 Å². The summed E-state index contributed by atoms with van der Waals surface area (Å²) in [6.07, 6.45) is 0. The molecule has 1 aromatic heterocycles. The van der Waals surface area contributed by atoms with Gasteiger partial charge in [-0.05, 0) is 44.5 Å². The molecule has 0 spiro atoms. The van der Waals surface area contributed by atoms with Crippen molar-refractivity contribution in [3.8, 4) is 0 Å². The van der Waals surface area contributed by atoms with E-state index < -0.39 is 0 Å². The van der Waals surface area contributed by atoms with E-state index in [1.807, 2.05) is 26.0 Å². The Balaban J connectivity index is 2.29. The molecular formula is C17H23N3. The molecule has 3 heteroatoms. The van der Waals surface area contributed by atoms with E-state index in [9.17, 15) is 0 Å². The van der Waals surface area contributed by atoms with Crippen LogP contribution < -0.4 is 10.6 Å². The molecule has 0 radical (unpaired) electrons. The highest BCUT2D eigenvalue weighted by atomic mass is 15.1. The molecule has 2 rings (SSSR count). The van der Waals surface area contributed by atoms with Gasteiger partial charge in [-0.2, -0.15) is 0 Å². The average Bonchev–Trinajstić information content (AvgIpc) is 2.45. The molecule has 0 amide bonds. The smallest absolute Gasteiger partial charge is 0.0602 e. The van der Waals surface area contributed by atoms with Gasteiger partial charge in [-0.3, -0.25) is 4.98 Å². The van der Waals surface area contributed by atoms with Crippen LogP contribution in [-0.4, -0.2) is 11.5 Å². The fraction of sp³-hybridized carbons (Fsp3) is 0.353. The second-order valence-electron chi connectivity index (χ2n) is 5.13. The fourth-order valence-electron chi connectivity index (χ4n) is 2.41. The van der Waals surface area contributed by atoms with Gasteiger partial charge >= 0.3 is 0 Å². The van der Waals surface area contributed by atoms with Gasteiger partial charge in [0, 0.05) is 24.0 Å². The van der Waals surface area contributed by atoms with E-state index in [1.54, 1.807) is 0 Å². The number of pyridine rings is 1. The Hall–Kier alpha value is -1.87. The molecule has 20 heavy (non-hydrogen) atoms. The Morgan fingerprint density at radius 1 is 1.15 bits per heavy atom. The molecule has 0 saturated heterocycles. The number of anilines is 1.